The maximum atomic E-state index is 12.7. The minimum absolute atomic E-state index is 0.280. The van der Waals surface area contributed by atoms with Crippen LogP contribution in [0.15, 0.2) is 24.3 Å². The first-order valence-electron chi connectivity index (χ1n) is 7.26. The standard InChI is InChI=1S/C16H22F3NO/c1-15(2)7-6-13(9-15)20-10-14(21)11-4-3-5-12(8-11)16(17,18)19/h3-5,8,13-14,20-21H,6-7,9-10H2,1-2H3. The highest BCUT2D eigenvalue weighted by Gasteiger charge is 2.32. The van der Waals surface area contributed by atoms with Crippen LogP contribution in [0.5, 0.6) is 0 Å². The zero-order valence-electron chi connectivity index (χ0n) is 12.4. The SMILES string of the molecule is CC1(C)CCC(NCC(O)c2cccc(C(F)(F)F)c2)C1. The Kier molecular flexibility index (Phi) is 4.63. The molecule has 0 aromatic heterocycles. The summed E-state index contributed by atoms with van der Waals surface area (Å²) in [6, 6.07) is 5.23. The summed E-state index contributed by atoms with van der Waals surface area (Å²) in [5.74, 6) is 0. The molecule has 0 spiro atoms. The molecule has 0 saturated heterocycles. The van der Waals surface area contributed by atoms with Gasteiger partial charge in [-0.2, -0.15) is 13.2 Å². The number of aliphatic hydroxyl groups excluding tert-OH is 1. The van der Waals surface area contributed by atoms with Gasteiger partial charge in [-0.25, -0.2) is 0 Å². The minimum Gasteiger partial charge on any atom is -0.387 e. The van der Waals surface area contributed by atoms with E-state index in [9.17, 15) is 18.3 Å². The van der Waals surface area contributed by atoms with Crippen LogP contribution >= 0.6 is 0 Å². The summed E-state index contributed by atoms with van der Waals surface area (Å²) in [6.07, 6.45) is -2.09. The molecule has 2 nitrogen and oxygen atoms in total. The van der Waals surface area contributed by atoms with E-state index in [1.165, 1.54) is 12.1 Å². The average Bonchev–Trinajstić information content (AvgIpc) is 2.75. The van der Waals surface area contributed by atoms with Crippen molar-refractivity contribution in [2.75, 3.05) is 6.54 Å². The lowest BCUT2D eigenvalue weighted by atomic mass is 9.92. The molecule has 0 amide bonds. The monoisotopic (exact) mass is 301 g/mol. The van der Waals surface area contributed by atoms with Crippen LogP contribution in [-0.4, -0.2) is 17.7 Å². The topological polar surface area (TPSA) is 32.3 Å². The van der Waals surface area contributed by atoms with Gasteiger partial charge >= 0.3 is 6.18 Å². The fourth-order valence-corrected chi connectivity index (χ4v) is 2.93. The van der Waals surface area contributed by atoms with Gasteiger partial charge in [0.2, 0.25) is 0 Å². The van der Waals surface area contributed by atoms with E-state index >= 15 is 0 Å². The van der Waals surface area contributed by atoms with E-state index in [1.54, 1.807) is 0 Å². The molecule has 2 N–H and O–H groups in total. The molecule has 0 radical (unpaired) electrons. The van der Waals surface area contributed by atoms with Crippen molar-refractivity contribution in [1.82, 2.24) is 5.32 Å². The van der Waals surface area contributed by atoms with Gasteiger partial charge in [-0.05, 0) is 42.4 Å². The largest absolute Gasteiger partial charge is 0.416 e. The summed E-state index contributed by atoms with van der Waals surface area (Å²) < 4.78 is 38.0. The Hall–Kier alpha value is -1.07. The minimum atomic E-state index is -4.38. The number of hydrogen-bond donors (Lipinski definition) is 2. The molecule has 1 saturated carbocycles. The molecule has 0 aliphatic heterocycles. The van der Waals surface area contributed by atoms with E-state index in [4.69, 9.17) is 0 Å². The van der Waals surface area contributed by atoms with Crippen molar-refractivity contribution >= 4 is 0 Å². The van der Waals surface area contributed by atoms with Gasteiger partial charge in [-0.3, -0.25) is 0 Å². The molecule has 1 aromatic carbocycles. The predicted octanol–water partition coefficient (Wildman–Crippen LogP) is 3.91. The highest BCUT2D eigenvalue weighted by Crippen LogP contribution is 2.37. The molecule has 2 atom stereocenters. The number of rotatable bonds is 4. The van der Waals surface area contributed by atoms with Crippen LogP contribution in [-0.2, 0) is 6.18 Å². The fraction of sp³-hybridized carbons (Fsp3) is 0.625. The summed E-state index contributed by atoms with van der Waals surface area (Å²) in [5.41, 5.74) is -0.116. The molecular formula is C16H22F3NO. The van der Waals surface area contributed by atoms with Crippen LogP contribution in [0.4, 0.5) is 13.2 Å². The van der Waals surface area contributed by atoms with Crippen LogP contribution in [0.25, 0.3) is 0 Å². The van der Waals surface area contributed by atoms with Crippen LogP contribution in [0.2, 0.25) is 0 Å². The van der Waals surface area contributed by atoms with E-state index in [0.717, 1.165) is 31.4 Å². The summed E-state index contributed by atoms with van der Waals surface area (Å²) in [7, 11) is 0. The molecule has 5 heteroatoms. The van der Waals surface area contributed by atoms with Gasteiger partial charge in [0.1, 0.15) is 0 Å². The number of nitrogens with one attached hydrogen (secondary N) is 1. The molecule has 118 valence electrons. The Morgan fingerprint density at radius 2 is 2.10 bits per heavy atom. The fourth-order valence-electron chi connectivity index (χ4n) is 2.93. The zero-order valence-corrected chi connectivity index (χ0v) is 12.4. The molecule has 0 bridgehead atoms. The number of alkyl halides is 3. The molecule has 2 unspecified atom stereocenters. The maximum Gasteiger partial charge on any atom is 0.416 e. The van der Waals surface area contributed by atoms with Crippen LogP contribution < -0.4 is 5.32 Å². The number of benzene rings is 1. The average molecular weight is 301 g/mol. The van der Waals surface area contributed by atoms with Crippen LogP contribution in [0.3, 0.4) is 0 Å². The van der Waals surface area contributed by atoms with Crippen molar-refractivity contribution in [2.24, 2.45) is 5.41 Å². The molecule has 1 aromatic rings. The number of hydrogen-bond acceptors (Lipinski definition) is 2. The Labute approximate surface area is 123 Å². The van der Waals surface area contributed by atoms with Crippen molar-refractivity contribution in [3.63, 3.8) is 0 Å². The normalized spacial score (nSPS) is 23.2. The highest BCUT2D eigenvalue weighted by molar-refractivity contribution is 5.27. The van der Waals surface area contributed by atoms with Crippen molar-refractivity contribution in [1.29, 1.82) is 0 Å². The zero-order chi connectivity index (χ0) is 15.7. The Morgan fingerprint density at radius 3 is 2.67 bits per heavy atom. The molecule has 2 rings (SSSR count). The van der Waals surface area contributed by atoms with Gasteiger partial charge in [0.05, 0.1) is 11.7 Å². The van der Waals surface area contributed by atoms with Crippen LogP contribution in [0.1, 0.15) is 50.3 Å². The van der Waals surface area contributed by atoms with Gasteiger partial charge in [0.25, 0.3) is 0 Å². The first kappa shape index (κ1) is 16.3. The van der Waals surface area contributed by atoms with E-state index in [1.807, 2.05) is 0 Å². The summed E-state index contributed by atoms with van der Waals surface area (Å²) in [6.45, 7) is 4.69. The van der Waals surface area contributed by atoms with E-state index in [-0.39, 0.29) is 6.54 Å². The third kappa shape index (κ3) is 4.45. The Balaban J connectivity index is 1.93. The van der Waals surface area contributed by atoms with Gasteiger partial charge in [0.15, 0.2) is 0 Å². The van der Waals surface area contributed by atoms with Crippen molar-refractivity contribution in [3.05, 3.63) is 35.4 Å². The molecule has 0 heterocycles. The Morgan fingerprint density at radius 1 is 1.38 bits per heavy atom. The van der Waals surface area contributed by atoms with Gasteiger partial charge < -0.3 is 10.4 Å². The second-order valence-electron chi connectivity index (χ2n) is 6.65. The van der Waals surface area contributed by atoms with Gasteiger partial charge in [-0.15, -0.1) is 0 Å². The Bertz CT molecular complexity index is 485. The van der Waals surface area contributed by atoms with E-state index in [0.29, 0.717) is 17.0 Å². The lowest BCUT2D eigenvalue weighted by Gasteiger charge is -2.20. The third-order valence-corrected chi connectivity index (χ3v) is 4.17. The molecule has 1 aliphatic carbocycles. The van der Waals surface area contributed by atoms with Crippen molar-refractivity contribution in [2.45, 2.75) is 51.4 Å². The second kappa shape index (κ2) is 5.97. The molecule has 1 aliphatic rings. The first-order valence-corrected chi connectivity index (χ1v) is 7.26. The predicted molar refractivity (Wildman–Crippen MR) is 75.8 cm³/mol. The summed E-state index contributed by atoms with van der Waals surface area (Å²) in [4.78, 5) is 0. The second-order valence-corrected chi connectivity index (χ2v) is 6.65. The first-order chi connectivity index (χ1) is 9.67. The summed E-state index contributed by atoms with van der Waals surface area (Å²) >= 11 is 0. The summed E-state index contributed by atoms with van der Waals surface area (Å²) in [5, 5.41) is 13.3. The lowest BCUT2D eigenvalue weighted by Crippen LogP contribution is -2.31. The van der Waals surface area contributed by atoms with Crippen LogP contribution in [0, 0.1) is 5.41 Å². The smallest absolute Gasteiger partial charge is 0.387 e. The quantitative estimate of drug-likeness (QED) is 0.884. The molecular weight excluding hydrogens is 279 g/mol. The molecule has 1 fully saturated rings. The lowest BCUT2D eigenvalue weighted by molar-refractivity contribution is -0.137. The third-order valence-electron chi connectivity index (χ3n) is 4.17. The van der Waals surface area contributed by atoms with E-state index < -0.39 is 17.8 Å². The van der Waals surface area contributed by atoms with Gasteiger partial charge in [-0.1, -0.05) is 26.0 Å². The van der Waals surface area contributed by atoms with Crippen molar-refractivity contribution in [3.8, 4) is 0 Å². The van der Waals surface area contributed by atoms with Gasteiger partial charge in [0, 0.05) is 12.6 Å². The highest BCUT2D eigenvalue weighted by atomic mass is 19.4. The van der Waals surface area contributed by atoms with E-state index in [2.05, 4.69) is 19.2 Å². The molecule has 21 heavy (non-hydrogen) atoms. The number of halogens is 3. The number of aliphatic hydroxyl groups is 1. The van der Waals surface area contributed by atoms with Crippen molar-refractivity contribution < 1.29 is 18.3 Å². The maximum absolute atomic E-state index is 12.7.